The molecule has 4 rings (SSSR count). The third-order valence-corrected chi connectivity index (χ3v) is 5.95. The van der Waals surface area contributed by atoms with E-state index in [0.717, 1.165) is 10.5 Å². The van der Waals surface area contributed by atoms with Crippen molar-refractivity contribution in [1.29, 1.82) is 0 Å². The molecule has 3 N–H and O–H groups in total. The highest BCUT2D eigenvalue weighted by atomic mass is 35.5. The van der Waals surface area contributed by atoms with Crippen molar-refractivity contribution < 1.29 is 24.2 Å². The summed E-state index contributed by atoms with van der Waals surface area (Å²) in [5.74, 6) is -0.270. The van der Waals surface area contributed by atoms with Crippen molar-refractivity contribution in [1.82, 2.24) is 9.88 Å². The lowest BCUT2D eigenvalue weighted by Crippen LogP contribution is -2.45. The number of nitrogens with zero attached hydrogens (tertiary/aromatic N) is 3. The van der Waals surface area contributed by atoms with Crippen molar-refractivity contribution in [2.45, 2.75) is 6.92 Å². The Hall–Kier alpha value is -4.28. The predicted octanol–water partition coefficient (Wildman–Crippen LogP) is 5.97. The Kier molecular flexibility index (Phi) is 7.80. The molecule has 1 aliphatic rings. The minimum absolute atomic E-state index is 0.302. The Morgan fingerprint density at radius 2 is 1.81 bits per heavy atom. The number of carboxylic acid groups (broad SMARTS) is 1. The third-order valence-electron chi connectivity index (χ3n) is 5.21. The van der Waals surface area contributed by atoms with Crippen LogP contribution in [-0.4, -0.2) is 46.1 Å². The maximum atomic E-state index is 12.6. The van der Waals surface area contributed by atoms with Crippen LogP contribution in [0.1, 0.15) is 5.56 Å². The summed E-state index contributed by atoms with van der Waals surface area (Å²) in [6, 6.07) is 12.3. The van der Waals surface area contributed by atoms with Gasteiger partial charge in [-0.05, 0) is 61.0 Å². The number of aryl methyl sites for hydroxylation is 1. The normalized spacial score (nSPS) is 12.9. The quantitative estimate of drug-likeness (QED) is 0.338. The molecule has 10 nitrogen and oxygen atoms in total. The number of ether oxygens (including phenoxy) is 1. The Balaban J connectivity index is 1.37. The van der Waals surface area contributed by atoms with Crippen molar-refractivity contribution in [3.05, 3.63) is 82.6 Å². The summed E-state index contributed by atoms with van der Waals surface area (Å²) in [7, 11) is 0. The van der Waals surface area contributed by atoms with Crippen LogP contribution >= 0.6 is 23.2 Å². The number of amides is 4. The van der Waals surface area contributed by atoms with Crippen molar-refractivity contribution in [3.63, 3.8) is 0 Å². The van der Waals surface area contributed by atoms with Gasteiger partial charge in [-0.25, -0.2) is 14.6 Å². The number of halogens is 2. The molecular weight excluding hydrogens is 521 g/mol. The molecule has 190 valence electrons. The number of aliphatic carboxylic acids is 1. The van der Waals surface area contributed by atoms with Gasteiger partial charge < -0.3 is 20.5 Å². The summed E-state index contributed by atoms with van der Waals surface area (Å²) in [6.45, 7) is 1.73. The molecule has 0 unspecified atom stereocenters. The van der Waals surface area contributed by atoms with E-state index in [1.165, 1.54) is 23.4 Å². The number of rotatable bonds is 7. The highest BCUT2D eigenvalue weighted by molar-refractivity contribution is 6.42. The molecular formula is C25H21Cl2N5O5. The summed E-state index contributed by atoms with van der Waals surface area (Å²) < 4.78 is 5.86. The zero-order valence-electron chi connectivity index (χ0n) is 19.4. The van der Waals surface area contributed by atoms with Gasteiger partial charge in [0, 0.05) is 30.2 Å². The molecule has 0 saturated heterocycles. The maximum Gasteiger partial charge on any atom is 0.329 e. The van der Waals surface area contributed by atoms with Gasteiger partial charge in [0.2, 0.25) is 5.88 Å². The summed E-state index contributed by atoms with van der Waals surface area (Å²) in [5.41, 5.74) is 2.28. The number of carbonyl (C=O) groups is 3. The van der Waals surface area contributed by atoms with Crippen molar-refractivity contribution >= 4 is 58.3 Å². The Morgan fingerprint density at radius 1 is 1.05 bits per heavy atom. The SMILES string of the molecule is Cc1cc(N2CC=CN(CC(=O)O)C2=O)ccc1Oc1ccc(NC(=O)Nc2ccc(Cl)c(Cl)c2)cn1. The molecule has 1 aliphatic heterocycles. The van der Waals surface area contributed by atoms with Crippen LogP contribution < -0.4 is 20.3 Å². The van der Waals surface area contributed by atoms with Crippen LogP contribution in [0.5, 0.6) is 11.6 Å². The summed E-state index contributed by atoms with van der Waals surface area (Å²) in [6.07, 6.45) is 4.64. The van der Waals surface area contributed by atoms with Gasteiger partial charge in [0.1, 0.15) is 12.3 Å². The largest absolute Gasteiger partial charge is 0.480 e. The summed E-state index contributed by atoms with van der Waals surface area (Å²) >= 11 is 11.8. The number of carboxylic acids is 1. The molecule has 0 saturated carbocycles. The standard InChI is InChI=1S/C25H21Cl2N5O5/c1-15-11-18(32-10-2-9-31(25(32)36)14-23(33)34)5-7-21(15)37-22-8-4-17(13-28-22)30-24(35)29-16-3-6-19(26)20(27)12-16/h2-9,11-13H,10,14H2,1H3,(H,33,34)(H2,29,30,35). The van der Waals surface area contributed by atoms with Crippen LogP contribution in [0.25, 0.3) is 0 Å². The van der Waals surface area contributed by atoms with E-state index in [2.05, 4.69) is 15.6 Å². The van der Waals surface area contributed by atoms with E-state index in [9.17, 15) is 14.4 Å². The van der Waals surface area contributed by atoms with Crippen LogP contribution in [0.4, 0.5) is 26.7 Å². The topological polar surface area (TPSA) is 124 Å². The van der Waals surface area contributed by atoms with E-state index in [4.69, 9.17) is 33.0 Å². The van der Waals surface area contributed by atoms with E-state index >= 15 is 0 Å². The number of anilines is 3. The molecule has 12 heteroatoms. The molecule has 0 spiro atoms. The number of urea groups is 2. The number of benzene rings is 2. The molecule has 0 bridgehead atoms. The molecule has 2 aromatic carbocycles. The number of hydrogen-bond acceptors (Lipinski definition) is 5. The molecule has 1 aromatic heterocycles. The fraction of sp³-hybridized carbons (Fsp3) is 0.120. The second-order valence-corrected chi connectivity index (χ2v) is 8.76. The first-order chi connectivity index (χ1) is 17.7. The zero-order chi connectivity index (χ0) is 26.5. The fourth-order valence-electron chi connectivity index (χ4n) is 3.47. The molecule has 37 heavy (non-hydrogen) atoms. The van der Waals surface area contributed by atoms with Crippen LogP contribution in [0.2, 0.25) is 10.0 Å². The molecule has 2 heterocycles. The first-order valence-corrected chi connectivity index (χ1v) is 11.7. The van der Waals surface area contributed by atoms with E-state index < -0.39 is 24.6 Å². The first-order valence-electron chi connectivity index (χ1n) is 10.9. The molecule has 0 fully saturated rings. The zero-order valence-corrected chi connectivity index (χ0v) is 21.0. The van der Waals surface area contributed by atoms with Crippen molar-refractivity contribution in [3.8, 4) is 11.6 Å². The molecule has 0 aliphatic carbocycles. The highest BCUT2D eigenvalue weighted by Gasteiger charge is 2.25. The van der Waals surface area contributed by atoms with Crippen molar-refractivity contribution in [2.24, 2.45) is 0 Å². The van der Waals surface area contributed by atoms with Gasteiger partial charge in [-0.1, -0.05) is 23.2 Å². The highest BCUT2D eigenvalue weighted by Crippen LogP contribution is 2.30. The average molecular weight is 542 g/mol. The lowest BCUT2D eigenvalue weighted by atomic mass is 10.2. The van der Waals surface area contributed by atoms with Gasteiger partial charge in [0.25, 0.3) is 0 Å². The third kappa shape index (κ3) is 6.49. The molecule has 0 radical (unpaired) electrons. The molecule has 3 aromatic rings. The van der Waals surface area contributed by atoms with E-state index in [1.54, 1.807) is 48.5 Å². The fourth-order valence-corrected chi connectivity index (χ4v) is 3.77. The summed E-state index contributed by atoms with van der Waals surface area (Å²) in [4.78, 5) is 42.7. The monoisotopic (exact) mass is 541 g/mol. The van der Waals surface area contributed by atoms with Gasteiger partial charge in [-0.15, -0.1) is 0 Å². The van der Waals surface area contributed by atoms with Crippen LogP contribution in [0.3, 0.4) is 0 Å². The number of aromatic nitrogens is 1. The lowest BCUT2D eigenvalue weighted by Gasteiger charge is -2.30. The van der Waals surface area contributed by atoms with E-state index in [0.29, 0.717) is 45.3 Å². The van der Waals surface area contributed by atoms with Crippen molar-refractivity contribution in [2.75, 3.05) is 28.6 Å². The second-order valence-electron chi connectivity index (χ2n) is 7.94. The number of nitrogens with one attached hydrogen (secondary N) is 2. The van der Waals surface area contributed by atoms with Crippen LogP contribution in [0, 0.1) is 6.92 Å². The predicted molar refractivity (Wildman–Crippen MR) is 141 cm³/mol. The van der Waals surface area contributed by atoms with Crippen LogP contribution in [-0.2, 0) is 4.79 Å². The minimum atomic E-state index is -1.10. The minimum Gasteiger partial charge on any atom is -0.480 e. The smallest absolute Gasteiger partial charge is 0.329 e. The second kappa shape index (κ2) is 11.2. The average Bonchev–Trinajstić information content (AvgIpc) is 2.85. The van der Waals surface area contributed by atoms with E-state index in [-0.39, 0.29) is 0 Å². The Bertz CT molecular complexity index is 1380. The Labute approximate surface area is 222 Å². The van der Waals surface area contributed by atoms with E-state index in [1.807, 2.05) is 6.92 Å². The Morgan fingerprint density at radius 3 is 2.49 bits per heavy atom. The summed E-state index contributed by atoms with van der Waals surface area (Å²) in [5, 5.41) is 15.0. The number of hydrogen-bond donors (Lipinski definition) is 3. The molecule has 0 atom stereocenters. The maximum absolute atomic E-state index is 12.6. The van der Waals surface area contributed by atoms with Crippen LogP contribution in [0.15, 0.2) is 67.0 Å². The van der Waals surface area contributed by atoms with Gasteiger partial charge in [0.05, 0.1) is 21.9 Å². The molecule has 4 amide bonds. The number of pyridine rings is 1. The lowest BCUT2D eigenvalue weighted by molar-refractivity contribution is -0.137. The van der Waals surface area contributed by atoms with Gasteiger partial charge in [-0.3, -0.25) is 14.6 Å². The van der Waals surface area contributed by atoms with Gasteiger partial charge >= 0.3 is 18.0 Å². The van der Waals surface area contributed by atoms with Gasteiger partial charge in [0.15, 0.2) is 0 Å². The number of carbonyl (C=O) groups excluding carboxylic acids is 2. The first kappa shape index (κ1) is 25.8. The van der Waals surface area contributed by atoms with Gasteiger partial charge in [-0.2, -0.15) is 0 Å².